The van der Waals surface area contributed by atoms with Crippen LogP contribution in [0.1, 0.15) is 0 Å². The normalized spacial score (nSPS) is 9.62. The fourth-order valence-electron chi connectivity index (χ4n) is 1.18. The molecular weight excluding hydrogens is 206 g/mol. The number of likely N-dealkylation sites (N-methyl/N-ethyl adjacent to an activating group) is 1. The molecule has 0 saturated carbocycles. The van der Waals surface area contributed by atoms with Crippen LogP contribution in [-0.4, -0.2) is 36.9 Å². The van der Waals surface area contributed by atoms with Gasteiger partial charge in [-0.25, -0.2) is 0 Å². The molecule has 5 nitrogen and oxygen atoms in total. The first kappa shape index (κ1) is 12.2. The molecular formula is C11H15N3O2. The number of carbonyl (C=O) groups is 2. The zero-order valence-electron chi connectivity index (χ0n) is 9.14. The second-order valence-electron chi connectivity index (χ2n) is 3.37. The summed E-state index contributed by atoms with van der Waals surface area (Å²) in [5, 5.41) is 2.68. The molecule has 0 aromatic heterocycles. The summed E-state index contributed by atoms with van der Waals surface area (Å²) in [5.74, 6) is -0.501. The number of rotatable bonds is 4. The smallest absolute Gasteiger partial charge is 0.243 e. The molecule has 0 unspecified atom stereocenters. The lowest BCUT2D eigenvalue weighted by molar-refractivity contribution is -0.132. The van der Waals surface area contributed by atoms with Crippen molar-refractivity contribution in [2.45, 2.75) is 0 Å². The van der Waals surface area contributed by atoms with Crippen molar-refractivity contribution in [3.05, 3.63) is 30.3 Å². The Kier molecular flexibility index (Phi) is 4.47. The summed E-state index contributed by atoms with van der Waals surface area (Å²) >= 11 is 0. The van der Waals surface area contributed by atoms with Gasteiger partial charge >= 0.3 is 0 Å². The topological polar surface area (TPSA) is 75.4 Å². The monoisotopic (exact) mass is 221 g/mol. The Morgan fingerprint density at radius 3 is 2.50 bits per heavy atom. The van der Waals surface area contributed by atoms with Crippen LogP contribution in [0.2, 0.25) is 0 Å². The number of nitrogens with zero attached hydrogens (tertiary/aromatic N) is 1. The van der Waals surface area contributed by atoms with Crippen molar-refractivity contribution in [1.29, 1.82) is 0 Å². The molecule has 0 saturated heterocycles. The van der Waals surface area contributed by atoms with Crippen molar-refractivity contribution >= 4 is 17.5 Å². The first-order valence-corrected chi connectivity index (χ1v) is 4.92. The molecule has 0 aliphatic heterocycles. The highest BCUT2D eigenvalue weighted by Gasteiger charge is 2.10. The molecule has 1 aromatic carbocycles. The summed E-state index contributed by atoms with van der Waals surface area (Å²) in [6.07, 6.45) is 0. The quantitative estimate of drug-likeness (QED) is 0.754. The summed E-state index contributed by atoms with van der Waals surface area (Å²) < 4.78 is 0. The lowest BCUT2D eigenvalue weighted by atomic mass is 10.3. The van der Waals surface area contributed by atoms with Crippen molar-refractivity contribution in [2.24, 2.45) is 5.73 Å². The maximum Gasteiger partial charge on any atom is 0.243 e. The van der Waals surface area contributed by atoms with E-state index in [-0.39, 0.29) is 24.9 Å². The van der Waals surface area contributed by atoms with E-state index in [9.17, 15) is 9.59 Å². The van der Waals surface area contributed by atoms with Gasteiger partial charge in [-0.2, -0.15) is 0 Å². The Hall–Kier alpha value is -1.88. The van der Waals surface area contributed by atoms with Crippen LogP contribution in [0.3, 0.4) is 0 Å². The zero-order valence-corrected chi connectivity index (χ0v) is 9.14. The van der Waals surface area contributed by atoms with Gasteiger partial charge in [0.15, 0.2) is 0 Å². The summed E-state index contributed by atoms with van der Waals surface area (Å²) in [4.78, 5) is 23.9. The lowest BCUT2D eigenvalue weighted by Crippen LogP contribution is -2.38. The third-order valence-corrected chi connectivity index (χ3v) is 2.04. The van der Waals surface area contributed by atoms with Crippen molar-refractivity contribution < 1.29 is 9.59 Å². The minimum absolute atomic E-state index is 0.00489. The van der Waals surface area contributed by atoms with Crippen LogP contribution in [-0.2, 0) is 9.59 Å². The number of amides is 2. The third-order valence-electron chi connectivity index (χ3n) is 2.04. The molecule has 0 aliphatic carbocycles. The van der Waals surface area contributed by atoms with E-state index in [1.54, 1.807) is 19.2 Å². The Morgan fingerprint density at radius 1 is 1.31 bits per heavy atom. The van der Waals surface area contributed by atoms with E-state index < -0.39 is 0 Å². The summed E-state index contributed by atoms with van der Waals surface area (Å²) in [5.41, 5.74) is 5.89. The van der Waals surface area contributed by atoms with Crippen molar-refractivity contribution in [3.8, 4) is 0 Å². The van der Waals surface area contributed by atoms with Crippen LogP contribution < -0.4 is 11.1 Å². The summed E-state index contributed by atoms with van der Waals surface area (Å²) in [6.45, 7) is -0.0833. The van der Waals surface area contributed by atoms with Crippen molar-refractivity contribution in [1.82, 2.24) is 4.90 Å². The fraction of sp³-hybridized carbons (Fsp3) is 0.273. The molecule has 0 spiro atoms. The van der Waals surface area contributed by atoms with Crippen LogP contribution in [0, 0.1) is 0 Å². The van der Waals surface area contributed by atoms with Gasteiger partial charge in [0, 0.05) is 12.7 Å². The number of nitrogens with one attached hydrogen (secondary N) is 1. The minimum atomic E-state index is -0.261. The number of para-hydroxylation sites is 1. The zero-order chi connectivity index (χ0) is 12.0. The molecule has 1 aromatic rings. The van der Waals surface area contributed by atoms with Gasteiger partial charge in [0.2, 0.25) is 11.8 Å². The highest BCUT2D eigenvalue weighted by atomic mass is 16.2. The van der Waals surface area contributed by atoms with Gasteiger partial charge in [0.25, 0.3) is 0 Å². The molecule has 0 bridgehead atoms. The Labute approximate surface area is 94.2 Å². The first-order chi connectivity index (χ1) is 7.63. The molecule has 1 rings (SSSR count). The number of nitrogens with two attached hydrogens (primary N) is 1. The van der Waals surface area contributed by atoms with Gasteiger partial charge < -0.3 is 16.0 Å². The van der Waals surface area contributed by atoms with Crippen LogP contribution in [0.25, 0.3) is 0 Å². The Bertz CT molecular complexity index is 365. The summed E-state index contributed by atoms with van der Waals surface area (Å²) in [6, 6.07) is 9.07. The van der Waals surface area contributed by atoms with E-state index in [1.807, 2.05) is 18.2 Å². The molecule has 16 heavy (non-hydrogen) atoms. The average molecular weight is 221 g/mol. The van der Waals surface area contributed by atoms with Gasteiger partial charge in [0.1, 0.15) is 0 Å². The highest BCUT2D eigenvalue weighted by molar-refractivity contribution is 5.94. The molecule has 0 aliphatic rings. The van der Waals surface area contributed by atoms with E-state index >= 15 is 0 Å². The molecule has 0 heterocycles. The molecule has 2 amide bonds. The Morgan fingerprint density at radius 2 is 1.94 bits per heavy atom. The van der Waals surface area contributed by atoms with Gasteiger partial charge in [-0.05, 0) is 12.1 Å². The number of anilines is 1. The molecule has 0 atom stereocenters. The fourth-order valence-corrected chi connectivity index (χ4v) is 1.18. The predicted octanol–water partition coefficient (Wildman–Crippen LogP) is 0.0422. The first-order valence-electron chi connectivity index (χ1n) is 4.92. The van der Waals surface area contributed by atoms with Crippen LogP contribution >= 0.6 is 0 Å². The second-order valence-corrected chi connectivity index (χ2v) is 3.37. The van der Waals surface area contributed by atoms with Gasteiger partial charge in [0.05, 0.1) is 13.1 Å². The van der Waals surface area contributed by atoms with Gasteiger partial charge in [-0.3, -0.25) is 9.59 Å². The Balaban J connectivity index is 2.45. The SMILES string of the molecule is CN(CC(=O)Nc1ccccc1)C(=O)CN. The van der Waals surface area contributed by atoms with Crippen LogP contribution in [0.15, 0.2) is 30.3 Å². The summed E-state index contributed by atoms with van der Waals surface area (Å²) in [7, 11) is 1.54. The third kappa shape index (κ3) is 3.70. The maximum atomic E-state index is 11.5. The van der Waals surface area contributed by atoms with Gasteiger partial charge in [-0.1, -0.05) is 18.2 Å². The van der Waals surface area contributed by atoms with E-state index in [2.05, 4.69) is 5.32 Å². The predicted molar refractivity (Wildman–Crippen MR) is 61.8 cm³/mol. The van der Waals surface area contributed by atoms with Crippen LogP contribution in [0.5, 0.6) is 0 Å². The highest BCUT2D eigenvalue weighted by Crippen LogP contribution is 2.04. The van der Waals surface area contributed by atoms with E-state index in [1.165, 1.54) is 4.90 Å². The minimum Gasteiger partial charge on any atom is -0.335 e. The average Bonchev–Trinajstić information content (AvgIpc) is 2.29. The van der Waals surface area contributed by atoms with Crippen molar-refractivity contribution in [2.75, 3.05) is 25.5 Å². The molecule has 0 radical (unpaired) electrons. The van der Waals surface area contributed by atoms with E-state index in [4.69, 9.17) is 5.73 Å². The molecule has 5 heteroatoms. The van der Waals surface area contributed by atoms with Gasteiger partial charge in [-0.15, -0.1) is 0 Å². The van der Waals surface area contributed by atoms with E-state index in [0.29, 0.717) is 5.69 Å². The standard InChI is InChI=1S/C11H15N3O2/c1-14(11(16)7-12)8-10(15)13-9-5-3-2-4-6-9/h2-6H,7-8,12H2,1H3,(H,13,15). The maximum absolute atomic E-state index is 11.5. The largest absolute Gasteiger partial charge is 0.335 e. The molecule has 3 N–H and O–H groups in total. The number of hydrogen-bond acceptors (Lipinski definition) is 3. The lowest BCUT2D eigenvalue weighted by Gasteiger charge is -2.15. The molecule has 0 fully saturated rings. The number of carbonyl (C=O) groups excluding carboxylic acids is 2. The number of hydrogen-bond donors (Lipinski definition) is 2. The second kappa shape index (κ2) is 5.87. The number of benzene rings is 1. The van der Waals surface area contributed by atoms with Crippen molar-refractivity contribution in [3.63, 3.8) is 0 Å². The molecule has 86 valence electrons. The van der Waals surface area contributed by atoms with Crippen LogP contribution in [0.4, 0.5) is 5.69 Å². The van der Waals surface area contributed by atoms with E-state index in [0.717, 1.165) is 0 Å².